The number of benzene rings is 1. The predicted octanol–water partition coefficient (Wildman–Crippen LogP) is 3.62. The molecule has 0 aliphatic heterocycles. The Labute approximate surface area is 110 Å². The summed E-state index contributed by atoms with van der Waals surface area (Å²) >= 11 is 9.37. The normalized spacial score (nSPS) is 10.7. The van der Waals surface area contributed by atoms with Gasteiger partial charge in [-0.1, -0.05) is 17.7 Å². The lowest BCUT2D eigenvalue weighted by atomic mass is 10.2. The molecule has 1 aromatic carbocycles. The van der Waals surface area contributed by atoms with Crippen LogP contribution in [0.5, 0.6) is 0 Å². The third kappa shape index (κ3) is 5.30. The first-order valence-electron chi connectivity index (χ1n) is 5.46. The molecular weight excluding hydrogens is 289 g/mol. The van der Waals surface area contributed by atoms with E-state index in [0.717, 1.165) is 42.2 Å². The van der Waals surface area contributed by atoms with Gasteiger partial charge in [0.15, 0.2) is 0 Å². The molecule has 0 saturated heterocycles. The van der Waals surface area contributed by atoms with Crippen LogP contribution in [0.4, 0.5) is 0 Å². The first kappa shape index (κ1) is 14.0. The van der Waals surface area contributed by atoms with Gasteiger partial charge in [-0.15, -0.1) is 0 Å². The van der Waals surface area contributed by atoms with Crippen molar-refractivity contribution in [3.8, 4) is 0 Å². The van der Waals surface area contributed by atoms with Crippen LogP contribution in [0.25, 0.3) is 0 Å². The van der Waals surface area contributed by atoms with Gasteiger partial charge in [-0.25, -0.2) is 0 Å². The first-order chi connectivity index (χ1) is 7.74. The van der Waals surface area contributed by atoms with Crippen LogP contribution in [0.3, 0.4) is 0 Å². The van der Waals surface area contributed by atoms with Crippen molar-refractivity contribution in [3.05, 3.63) is 33.3 Å². The zero-order valence-corrected chi connectivity index (χ0v) is 11.8. The molecule has 0 amide bonds. The zero-order chi connectivity index (χ0) is 11.8. The van der Waals surface area contributed by atoms with Gasteiger partial charge in [0.1, 0.15) is 0 Å². The molecule has 0 aliphatic rings. The van der Waals surface area contributed by atoms with E-state index in [9.17, 15) is 0 Å². The molecule has 90 valence electrons. The summed E-state index contributed by atoms with van der Waals surface area (Å²) in [6, 6.07) is 6.01. The second kappa shape index (κ2) is 8.07. The maximum Gasteiger partial charge on any atom is 0.0551 e. The van der Waals surface area contributed by atoms with Crippen molar-refractivity contribution >= 4 is 27.5 Å². The van der Waals surface area contributed by atoms with Gasteiger partial charge in [-0.3, -0.25) is 0 Å². The van der Waals surface area contributed by atoms with Crippen LogP contribution in [0, 0.1) is 0 Å². The minimum absolute atomic E-state index is 0.758. The summed E-state index contributed by atoms with van der Waals surface area (Å²) in [4.78, 5) is 0. The number of hydrogen-bond acceptors (Lipinski definition) is 2. The maximum absolute atomic E-state index is 6.00. The Balaban J connectivity index is 2.19. The smallest absolute Gasteiger partial charge is 0.0551 e. The summed E-state index contributed by atoms with van der Waals surface area (Å²) in [6.07, 6.45) is 1.04. The van der Waals surface area contributed by atoms with Crippen LogP contribution in [-0.2, 0) is 11.3 Å². The van der Waals surface area contributed by atoms with Gasteiger partial charge in [0.05, 0.1) is 5.02 Å². The minimum atomic E-state index is 0.758. The number of halogens is 2. The van der Waals surface area contributed by atoms with Crippen molar-refractivity contribution in [2.45, 2.75) is 19.9 Å². The van der Waals surface area contributed by atoms with Crippen LogP contribution in [-0.4, -0.2) is 19.8 Å². The van der Waals surface area contributed by atoms with Crippen LogP contribution in [0.15, 0.2) is 22.7 Å². The number of hydrogen-bond donors (Lipinski definition) is 1. The Bertz CT molecular complexity index is 320. The Morgan fingerprint density at radius 1 is 1.44 bits per heavy atom. The lowest BCUT2D eigenvalue weighted by molar-refractivity contribution is 0.144. The minimum Gasteiger partial charge on any atom is -0.382 e. The van der Waals surface area contributed by atoms with Gasteiger partial charge in [0.2, 0.25) is 0 Å². The number of nitrogens with one attached hydrogen (secondary N) is 1. The molecule has 0 aliphatic carbocycles. The fourth-order valence-corrected chi connectivity index (χ4v) is 1.78. The van der Waals surface area contributed by atoms with Gasteiger partial charge in [0, 0.05) is 24.2 Å². The topological polar surface area (TPSA) is 21.3 Å². The van der Waals surface area contributed by atoms with E-state index in [1.807, 2.05) is 19.1 Å². The monoisotopic (exact) mass is 305 g/mol. The highest BCUT2D eigenvalue weighted by Gasteiger charge is 1.98. The molecule has 0 atom stereocenters. The van der Waals surface area contributed by atoms with Crippen LogP contribution >= 0.6 is 27.5 Å². The predicted molar refractivity (Wildman–Crippen MR) is 72.0 cm³/mol. The molecule has 0 aromatic heterocycles. The highest BCUT2D eigenvalue weighted by atomic mass is 79.9. The summed E-state index contributed by atoms with van der Waals surface area (Å²) in [7, 11) is 0. The Kier molecular flexibility index (Phi) is 7.05. The molecule has 0 unspecified atom stereocenters. The van der Waals surface area contributed by atoms with Gasteiger partial charge in [-0.05, 0) is 53.5 Å². The number of ether oxygens (including phenoxy) is 1. The van der Waals surface area contributed by atoms with E-state index < -0.39 is 0 Å². The molecular formula is C12H17BrClNO. The molecule has 1 N–H and O–H groups in total. The fourth-order valence-electron chi connectivity index (χ4n) is 1.33. The summed E-state index contributed by atoms with van der Waals surface area (Å²) in [5, 5.41) is 4.11. The third-order valence-electron chi connectivity index (χ3n) is 2.16. The van der Waals surface area contributed by atoms with Crippen molar-refractivity contribution in [2.75, 3.05) is 19.8 Å². The summed E-state index contributed by atoms with van der Waals surface area (Å²) < 4.78 is 6.19. The van der Waals surface area contributed by atoms with E-state index in [4.69, 9.17) is 16.3 Å². The molecule has 0 bridgehead atoms. The third-order valence-corrected chi connectivity index (χ3v) is 3.39. The number of rotatable bonds is 7. The fraction of sp³-hybridized carbons (Fsp3) is 0.500. The lowest BCUT2D eigenvalue weighted by Gasteiger charge is -2.06. The highest BCUT2D eigenvalue weighted by Crippen LogP contribution is 2.22. The van der Waals surface area contributed by atoms with Crippen molar-refractivity contribution < 1.29 is 4.74 Å². The van der Waals surface area contributed by atoms with E-state index in [1.54, 1.807) is 0 Å². The largest absolute Gasteiger partial charge is 0.382 e. The SMILES string of the molecule is CCOCCCNCc1ccc(Br)c(Cl)c1. The molecule has 0 heterocycles. The van der Waals surface area contributed by atoms with Gasteiger partial charge in [-0.2, -0.15) is 0 Å². The van der Waals surface area contributed by atoms with E-state index >= 15 is 0 Å². The highest BCUT2D eigenvalue weighted by molar-refractivity contribution is 9.10. The molecule has 0 saturated carbocycles. The molecule has 4 heteroatoms. The molecule has 2 nitrogen and oxygen atoms in total. The van der Waals surface area contributed by atoms with E-state index in [2.05, 4.69) is 27.3 Å². The molecule has 16 heavy (non-hydrogen) atoms. The van der Waals surface area contributed by atoms with Gasteiger partial charge >= 0.3 is 0 Å². The van der Waals surface area contributed by atoms with Crippen LogP contribution < -0.4 is 5.32 Å². The quantitative estimate of drug-likeness (QED) is 0.777. The average molecular weight is 307 g/mol. The van der Waals surface area contributed by atoms with Crippen LogP contribution in [0.1, 0.15) is 18.9 Å². The van der Waals surface area contributed by atoms with E-state index in [0.29, 0.717) is 0 Å². The molecule has 1 aromatic rings. The van der Waals surface area contributed by atoms with E-state index in [-0.39, 0.29) is 0 Å². The second-order valence-electron chi connectivity index (χ2n) is 3.48. The Hall–Kier alpha value is -0.0900. The molecule has 0 fully saturated rings. The molecule has 0 radical (unpaired) electrons. The van der Waals surface area contributed by atoms with Gasteiger partial charge in [0.25, 0.3) is 0 Å². The zero-order valence-electron chi connectivity index (χ0n) is 9.43. The summed E-state index contributed by atoms with van der Waals surface area (Å²) in [5.74, 6) is 0. The Morgan fingerprint density at radius 3 is 2.94 bits per heavy atom. The Morgan fingerprint density at radius 2 is 2.25 bits per heavy atom. The lowest BCUT2D eigenvalue weighted by Crippen LogP contribution is -2.16. The molecule has 1 rings (SSSR count). The average Bonchev–Trinajstić information content (AvgIpc) is 2.28. The maximum atomic E-state index is 6.00. The first-order valence-corrected chi connectivity index (χ1v) is 6.63. The summed E-state index contributed by atoms with van der Waals surface area (Å²) in [6.45, 7) is 5.44. The second-order valence-corrected chi connectivity index (χ2v) is 4.74. The molecule has 0 spiro atoms. The van der Waals surface area contributed by atoms with Crippen molar-refractivity contribution in [3.63, 3.8) is 0 Å². The standard InChI is InChI=1S/C12H17BrClNO/c1-2-16-7-3-6-15-9-10-4-5-11(13)12(14)8-10/h4-5,8,15H,2-3,6-7,9H2,1H3. The van der Waals surface area contributed by atoms with E-state index in [1.165, 1.54) is 5.56 Å². The van der Waals surface area contributed by atoms with Crippen molar-refractivity contribution in [1.82, 2.24) is 5.32 Å². The van der Waals surface area contributed by atoms with Crippen molar-refractivity contribution in [1.29, 1.82) is 0 Å². The van der Waals surface area contributed by atoms with Gasteiger partial charge < -0.3 is 10.1 Å². The van der Waals surface area contributed by atoms with Crippen molar-refractivity contribution in [2.24, 2.45) is 0 Å². The van der Waals surface area contributed by atoms with Crippen LogP contribution in [0.2, 0.25) is 5.02 Å². The summed E-state index contributed by atoms with van der Waals surface area (Å²) in [5.41, 5.74) is 1.20.